The van der Waals surface area contributed by atoms with Gasteiger partial charge < -0.3 is 5.32 Å². The highest BCUT2D eigenvalue weighted by Crippen LogP contribution is 2.18. The van der Waals surface area contributed by atoms with E-state index in [9.17, 15) is 4.79 Å². The van der Waals surface area contributed by atoms with E-state index in [-0.39, 0.29) is 11.6 Å². The summed E-state index contributed by atoms with van der Waals surface area (Å²) in [5.41, 5.74) is 2.41. The molecule has 0 aromatic carbocycles. The predicted octanol–water partition coefficient (Wildman–Crippen LogP) is 3.17. The van der Waals surface area contributed by atoms with Crippen LogP contribution in [-0.4, -0.2) is 21.5 Å². The molecule has 0 unspecified atom stereocenters. The van der Waals surface area contributed by atoms with Crippen LogP contribution in [0.2, 0.25) is 0 Å². The second kappa shape index (κ2) is 5.07. The largest absolute Gasteiger partial charge is 0.333 e. The van der Waals surface area contributed by atoms with Crippen LogP contribution in [0.15, 0.2) is 18.2 Å². The van der Waals surface area contributed by atoms with Crippen molar-refractivity contribution in [3.8, 4) is 0 Å². The highest BCUT2D eigenvalue weighted by Gasteiger charge is 2.14. The van der Waals surface area contributed by atoms with E-state index in [4.69, 9.17) is 0 Å². The zero-order valence-electron chi connectivity index (χ0n) is 12.5. The average Bonchev–Trinajstić information content (AvgIpc) is 2.24. The van der Waals surface area contributed by atoms with Crippen molar-refractivity contribution in [2.24, 2.45) is 0 Å². The number of urea groups is 1. The maximum absolute atomic E-state index is 11.8. The van der Waals surface area contributed by atoms with Crippen molar-refractivity contribution in [3.05, 3.63) is 29.5 Å². The number of hydrogen-bond acceptors (Lipinski definition) is 3. The lowest BCUT2D eigenvalue weighted by molar-refractivity contribution is 0.243. The Labute approximate surface area is 118 Å². The van der Waals surface area contributed by atoms with Gasteiger partial charge in [-0.2, -0.15) is 0 Å². The van der Waals surface area contributed by atoms with Gasteiger partial charge in [-0.05, 0) is 58.4 Å². The number of rotatable bonds is 1. The fourth-order valence-electron chi connectivity index (χ4n) is 1.99. The van der Waals surface area contributed by atoms with Crippen LogP contribution in [0.4, 0.5) is 10.6 Å². The Kier molecular flexibility index (Phi) is 3.61. The van der Waals surface area contributed by atoms with Gasteiger partial charge in [0.1, 0.15) is 5.82 Å². The lowest BCUT2D eigenvalue weighted by Crippen LogP contribution is -2.43. The second-order valence-electron chi connectivity index (χ2n) is 5.98. The van der Waals surface area contributed by atoms with Crippen molar-refractivity contribution in [2.45, 2.75) is 40.2 Å². The molecule has 0 fully saturated rings. The van der Waals surface area contributed by atoms with Crippen molar-refractivity contribution in [1.29, 1.82) is 0 Å². The molecule has 0 atom stereocenters. The summed E-state index contributed by atoms with van der Waals surface area (Å²) >= 11 is 0. The Hall–Kier alpha value is -2.17. The van der Waals surface area contributed by atoms with E-state index in [1.807, 2.05) is 46.8 Å². The van der Waals surface area contributed by atoms with Crippen molar-refractivity contribution in [2.75, 3.05) is 5.32 Å². The first-order chi connectivity index (χ1) is 9.24. The van der Waals surface area contributed by atoms with Crippen molar-refractivity contribution < 1.29 is 4.79 Å². The first-order valence-electron chi connectivity index (χ1n) is 6.59. The molecule has 5 nitrogen and oxygen atoms in total. The molecule has 0 aliphatic rings. The standard InChI is InChI=1S/C15H20N4O/c1-9-8-10(2)16-13-11(9)6-7-12(17-13)18-14(20)19-15(3,4)5/h6-8H,1-5H3,(H2,16,17,18,19,20). The molecule has 0 saturated carbocycles. The molecule has 0 aliphatic heterocycles. The molecule has 2 aromatic heterocycles. The first kappa shape index (κ1) is 14.2. The number of aromatic nitrogens is 2. The van der Waals surface area contributed by atoms with E-state index in [0.717, 1.165) is 16.6 Å². The monoisotopic (exact) mass is 272 g/mol. The van der Waals surface area contributed by atoms with Crippen LogP contribution in [0.1, 0.15) is 32.0 Å². The minimum absolute atomic E-state index is 0.270. The van der Waals surface area contributed by atoms with Gasteiger partial charge in [0.25, 0.3) is 0 Å². The summed E-state index contributed by atoms with van der Waals surface area (Å²) in [7, 11) is 0. The summed E-state index contributed by atoms with van der Waals surface area (Å²) in [6.07, 6.45) is 0. The molecule has 0 spiro atoms. The third kappa shape index (κ3) is 3.44. The second-order valence-corrected chi connectivity index (χ2v) is 5.98. The molecule has 2 N–H and O–H groups in total. The lowest BCUT2D eigenvalue weighted by atomic mass is 10.1. The SMILES string of the molecule is Cc1cc(C)c2ccc(NC(=O)NC(C)(C)C)nc2n1. The summed E-state index contributed by atoms with van der Waals surface area (Å²) in [6.45, 7) is 9.73. The summed E-state index contributed by atoms with van der Waals surface area (Å²) in [5.74, 6) is 0.497. The van der Waals surface area contributed by atoms with E-state index >= 15 is 0 Å². The molecule has 2 aromatic rings. The Morgan fingerprint density at radius 3 is 2.50 bits per heavy atom. The zero-order valence-corrected chi connectivity index (χ0v) is 12.5. The van der Waals surface area contributed by atoms with Crippen LogP contribution in [0.5, 0.6) is 0 Å². The Bertz CT molecular complexity index is 659. The number of anilines is 1. The van der Waals surface area contributed by atoms with Gasteiger partial charge in [0.15, 0.2) is 5.65 Å². The number of pyridine rings is 2. The average molecular weight is 272 g/mol. The summed E-state index contributed by atoms with van der Waals surface area (Å²) in [6, 6.07) is 5.46. The molecular formula is C15H20N4O. The molecule has 2 amide bonds. The van der Waals surface area contributed by atoms with Crippen molar-refractivity contribution in [3.63, 3.8) is 0 Å². The normalized spacial score (nSPS) is 11.4. The van der Waals surface area contributed by atoms with Crippen molar-refractivity contribution in [1.82, 2.24) is 15.3 Å². The molecule has 20 heavy (non-hydrogen) atoms. The minimum atomic E-state index is -0.285. The van der Waals surface area contributed by atoms with Crippen LogP contribution in [0.3, 0.4) is 0 Å². The van der Waals surface area contributed by atoms with Crippen LogP contribution in [-0.2, 0) is 0 Å². The van der Waals surface area contributed by atoms with Gasteiger partial charge in [-0.15, -0.1) is 0 Å². The van der Waals surface area contributed by atoms with Gasteiger partial charge >= 0.3 is 6.03 Å². The number of aryl methyl sites for hydroxylation is 2. The van der Waals surface area contributed by atoms with E-state index in [0.29, 0.717) is 11.5 Å². The maximum atomic E-state index is 11.8. The molecule has 106 valence electrons. The molecule has 5 heteroatoms. The number of amides is 2. The molecule has 2 heterocycles. The number of carbonyl (C=O) groups is 1. The van der Waals surface area contributed by atoms with Gasteiger partial charge in [0.2, 0.25) is 0 Å². The lowest BCUT2D eigenvalue weighted by Gasteiger charge is -2.20. The molecule has 0 aliphatic carbocycles. The fourth-order valence-corrected chi connectivity index (χ4v) is 1.99. The van der Waals surface area contributed by atoms with Gasteiger partial charge in [0, 0.05) is 16.6 Å². The van der Waals surface area contributed by atoms with E-state index in [2.05, 4.69) is 20.6 Å². The fraction of sp³-hybridized carbons (Fsp3) is 0.400. The van der Waals surface area contributed by atoms with Crippen molar-refractivity contribution >= 4 is 22.9 Å². The van der Waals surface area contributed by atoms with Crippen LogP contribution in [0.25, 0.3) is 11.0 Å². The van der Waals surface area contributed by atoms with E-state index in [1.54, 1.807) is 6.07 Å². The first-order valence-corrected chi connectivity index (χ1v) is 6.59. The van der Waals surface area contributed by atoms with E-state index in [1.165, 1.54) is 0 Å². The number of carbonyl (C=O) groups excluding carboxylic acids is 1. The van der Waals surface area contributed by atoms with Gasteiger partial charge in [0.05, 0.1) is 0 Å². The highest BCUT2D eigenvalue weighted by atomic mass is 16.2. The molecule has 0 saturated heterocycles. The van der Waals surface area contributed by atoms with Crippen LogP contribution < -0.4 is 10.6 Å². The number of hydrogen-bond donors (Lipinski definition) is 2. The Balaban J connectivity index is 2.26. The molecular weight excluding hydrogens is 252 g/mol. The highest BCUT2D eigenvalue weighted by molar-refractivity contribution is 5.90. The van der Waals surface area contributed by atoms with Gasteiger partial charge in [-0.25, -0.2) is 14.8 Å². The zero-order chi connectivity index (χ0) is 14.9. The topological polar surface area (TPSA) is 66.9 Å². The maximum Gasteiger partial charge on any atom is 0.320 e. The molecule has 0 bridgehead atoms. The Morgan fingerprint density at radius 1 is 1.15 bits per heavy atom. The van der Waals surface area contributed by atoms with E-state index < -0.39 is 0 Å². The predicted molar refractivity (Wildman–Crippen MR) is 80.9 cm³/mol. The summed E-state index contributed by atoms with van der Waals surface area (Å²) < 4.78 is 0. The Morgan fingerprint density at radius 2 is 1.85 bits per heavy atom. The quantitative estimate of drug-likeness (QED) is 0.838. The van der Waals surface area contributed by atoms with Gasteiger partial charge in [-0.1, -0.05) is 0 Å². The third-order valence-electron chi connectivity index (χ3n) is 2.74. The number of nitrogens with one attached hydrogen (secondary N) is 2. The summed E-state index contributed by atoms with van der Waals surface area (Å²) in [4.78, 5) is 20.6. The smallest absolute Gasteiger partial charge is 0.320 e. The minimum Gasteiger partial charge on any atom is -0.333 e. The van der Waals surface area contributed by atoms with Crippen LogP contribution in [0, 0.1) is 13.8 Å². The van der Waals surface area contributed by atoms with Crippen LogP contribution >= 0.6 is 0 Å². The van der Waals surface area contributed by atoms with Gasteiger partial charge in [-0.3, -0.25) is 5.32 Å². The molecule has 0 radical (unpaired) electrons. The third-order valence-corrected chi connectivity index (χ3v) is 2.74. The number of nitrogens with zero attached hydrogens (tertiary/aromatic N) is 2. The number of fused-ring (bicyclic) bond motifs is 1. The molecule has 2 rings (SSSR count). The summed E-state index contributed by atoms with van der Waals surface area (Å²) in [5, 5.41) is 6.55.